The van der Waals surface area contributed by atoms with Crippen LogP contribution in [0.2, 0.25) is 0 Å². The molecule has 0 aliphatic rings. The van der Waals surface area contributed by atoms with E-state index in [1.165, 1.54) is 186 Å². The molecule has 0 saturated heterocycles. The summed E-state index contributed by atoms with van der Waals surface area (Å²) in [5, 5.41) is 3.04. The molecular weight excluding hydrogens is 988 g/mol. The molecule has 1 amide bonds. The summed E-state index contributed by atoms with van der Waals surface area (Å²) in [6, 6.07) is -0.892. The zero-order chi connectivity index (χ0) is 57.2. The topological polar surface area (TPSA) is 114 Å². The van der Waals surface area contributed by atoms with Crippen LogP contribution in [-0.2, 0) is 27.9 Å². The molecule has 0 saturated carbocycles. The second-order valence-electron chi connectivity index (χ2n) is 23.6. The molecule has 0 heterocycles. The summed E-state index contributed by atoms with van der Waals surface area (Å²) < 4.78 is 30.4. The Balaban J connectivity index is 5.09. The summed E-state index contributed by atoms with van der Waals surface area (Å²) in [5.74, 6) is -0.542. The predicted octanol–water partition coefficient (Wildman–Crippen LogP) is 20.0. The summed E-state index contributed by atoms with van der Waals surface area (Å²) in [6.45, 7) is 6.74. The summed E-state index contributed by atoms with van der Waals surface area (Å²) >= 11 is 0. The van der Waals surface area contributed by atoms with Crippen molar-refractivity contribution in [3.8, 4) is 0 Å². The van der Waals surface area contributed by atoms with Crippen molar-refractivity contribution in [1.29, 1.82) is 0 Å². The number of quaternary nitrogens is 1. The molecule has 0 aliphatic carbocycles. The molecule has 0 rings (SSSR count). The van der Waals surface area contributed by atoms with E-state index in [4.69, 9.17) is 13.8 Å². The number of hydrogen-bond donors (Lipinski definition) is 1. The number of unbranched alkanes of at least 4 members (excludes halogenated alkanes) is 36. The third-order valence-corrected chi connectivity index (χ3v) is 15.6. The van der Waals surface area contributed by atoms with Gasteiger partial charge in [0.1, 0.15) is 19.3 Å². The number of likely N-dealkylation sites (N-methyl/N-ethyl adjacent to an activating group) is 1. The molecule has 9 nitrogen and oxygen atoms in total. The molecule has 456 valence electrons. The SMILES string of the molecule is CC/C=C/C/C=C/CCCCCCCCCC(=O)OC(/C=C\CCCCCCCCCCCCC)C(COP(=O)([O-])OCC[N+](C)(C)C)NC(=O)CCCCCCCCCCCCCCCCC/C=C\C/C=C\CCCCC. The average Bonchev–Trinajstić information content (AvgIpc) is 3.40. The summed E-state index contributed by atoms with van der Waals surface area (Å²) in [6.07, 6.45) is 73.4. The number of allylic oxidation sites excluding steroid dienone is 9. The van der Waals surface area contributed by atoms with Crippen LogP contribution in [0.25, 0.3) is 0 Å². The highest BCUT2D eigenvalue weighted by Crippen LogP contribution is 2.38. The molecule has 0 aliphatic heterocycles. The predicted molar refractivity (Wildman–Crippen MR) is 335 cm³/mol. The Morgan fingerprint density at radius 2 is 0.821 bits per heavy atom. The molecule has 78 heavy (non-hydrogen) atoms. The Kier molecular flexibility index (Phi) is 56.2. The lowest BCUT2D eigenvalue weighted by atomic mass is 10.0. The highest BCUT2D eigenvalue weighted by atomic mass is 31.2. The first-order chi connectivity index (χ1) is 37.9. The van der Waals surface area contributed by atoms with Gasteiger partial charge in [-0.3, -0.25) is 14.2 Å². The molecule has 1 N–H and O–H groups in total. The van der Waals surface area contributed by atoms with Crippen LogP contribution < -0.4 is 10.2 Å². The zero-order valence-corrected chi connectivity index (χ0v) is 53.0. The largest absolute Gasteiger partial charge is 0.756 e. The molecule has 0 bridgehead atoms. The minimum absolute atomic E-state index is 0.0237. The first-order valence-electron chi connectivity index (χ1n) is 33.1. The van der Waals surface area contributed by atoms with Crippen molar-refractivity contribution in [3.05, 3.63) is 60.8 Å². The molecule has 0 radical (unpaired) electrons. The second-order valence-corrected chi connectivity index (χ2v) is 25.0. The van der Waals surface area contributed by atoms with E-state index < -0.39 is 20.0 Å². The van der Waals surface area contributed by atoms with Gasteiger partial charge in [-0.1, -0.05) is 268 Å². The van der Waals surface area contributed by atoms with Gasteiger partial charge in [-0.25, -0.2) is 0 Å². The fourth-order valence-corrected chi connectivity index (χ4v) is 10.3. The summed E-state index contributed by atoms with van der Waals surface area (Å²) in [4.78, 5) is 40.0. The molecule has 3 unspecified atom stereocenters. The van der Waals surface area contributed by atoms with Crippen molar-refractivity contribution in [2.45, 2.75) is 322 Å². The van der Waals surface area contributed by atoms with Crippen LogP contribution in [0.1, 0.15) is 310 Å². The standard InChI is InChI=1S/C68H127N2O7P/c1-7-10-13-16-19-22-25-28-30-31-32-33-34-35-36-37-38-39-40-42-45-48-51-54-57-60-67(71)69-65(64-76-78(73,74)75-63-62-70(4,5)6)66(59-56-53-50-47-44-41-27-24-21-18-15-12-9-3)77-68(72)61-58-55-52-49-46-43-29-26-23-20-17-14-11-8-2/h11,14,19-20,22-23,28,30,56,59,65-66H,7-10,12-13,15-18,21,24-27,29,31-55,57-58,60-64H2,1-6H3,(H-,69,71,73,74)/b14-11+,22-19-,23-20+,30-28-,59-56-. The molecule has 0 aromatic carbocycles. The number of nitrogens with one attached hydrogen (secondary N) is 1. The molecule has 3 atom stereocenters. The fourth-order valence-electron chi connectivity index (χ4n) is 9.59. The number of esters is 1. The minimum atomic E-state index is -4.70. The van der Waals surface area contributed by atoms with Crippen molar-refractivity contribution in [1.82, 2.24) is 5.32 Å². The van der Waals surface area contributed by atoms with Crippen molar-refractivity contribution in [2.24, 2.45) is 0 Å². The summed E-state index contributed by atoms with van der Waals surface area (Å²) in [7, 11) is 1.19. The van der Waals surface area contributed by atoms with Crippen LogP contribution >= 0.6 is 7.82 Å². The molecule has 0 aromatic heterocycles. The third kappa shape index (κ3) is 58.4. The van der Waals surface area contributed by atoms with Gasteiger partial charge in [-0.05, 0) is 89.5 Å². The zero-order valence-electron chi connectivity index (χ0n) is 52.1. The second kappa shape index (κ2) is 57.9. The molecule has 0 fully saturated rings. The number of phosphoric acid groups is 1. The maximum Gasteiger partial charge on any atom is 0.306 e. The van der Waals surface area contributed by atoms with Gasteiger partial charge in [-0.2, -0.15) is 0 Å². The van der Waals surface area contributed by atoms with E-state index in [-0.39, 0.29) is 31.5 Å². The van der Waals surface area contributed by atoms with Gasteiger partial charge in [0.05, 0.1) is 33.8 Å². The summed E-state index contributed by atoms with van der Waals surface area (Å²) in [5.41, 5.74) is 0. The van der Waals surface area contributed by atoms with Gasteiger partial charge in [0.15, 0.2) is 0 Å². The fraction of sp³-hybridized carbons (Fsp3) is 0.824. The van der Waals surface area contributed by atoms with Crippen LogP contribution in [0.4, 0.5) is 0 Å². The quantitative estimate of drug-likeness (QED) is 0.0212. The smallest absolute Gasteiger partial charge is 0.306 e. The number of rotatable bonds is 60. The van der Waals surface area contributed by atoms with E-state index in [1.54, 1.807) is 0 Å². The van der Waals surface area contributed by atoms with Crippen molar-refractivity contribution < 1.29 is 37.3 Å². The lowest BCUT2D eigenvalue weighted by Gasteiger charge is -2.30. The Morgan fingerprint density at radius 3 is 1.24 bits per heavy atom. The van der Waals surface area contributed by atoms with Crippen LogP contribution in [-0.4, -0.2) is 69.4 Å². The number of carbonyl (C=O) groups is 2. The van der Waals surface area contributed by atoms with E-state index in [2.05, 4.69) is 74.7 Å². The number of nitrogens with zero attached hydrogens (tertiary/aromatic N) is 1. The number of phosphoric ester groups is 1. The van der Waals surface area contributed by atoms with E-state index in [9.17, 15) is 19.0 Å². The van der Waals surface area contributed by atoms with E-state index in [0.717, 1.165) is 89.9 Å². The Labute approximate surface area is 483 Å². The number of ether oxygens (including phenoxy) is 1. The molecule has 0 aromatic rings. The molecule has 0 spiro atoms. The monoisotopic (exact) mass is 1110 g/mol. The van der Waals surface area contributed by atoms with Gasteiger partial charge in [0.2, 0.25) is 5.91 Å². The third-order valence-electron chi connectivity index (χ3n) is 14.7. The van der Waals surface area contributed by atoms with Crippen molar-refractivity contribution >= 4 is 19.7 Å². The normalized spacial score (nSPS) is 14.0. The first-order valence-corrected chi connectivity index (χ1v) is 34.6. The highest BCUT2D eigenvalue weighted by Gasteiger charge is 2.27. The molecular formula is C68H127N2O7P. The van der Waals surface area contributed by atoms with Crippen LogP contribution in [0.15, 0.2) is 60.8 Å². The maximum atomic E-state index is 13.6. The van der Waals surface area contributed by atoms with Gasteiger partial charge in [0, 0.05) is 12.8 Å². The number of hydrogen-bond acceptors (Lipinski definition) is 7. The minimum Gasteiger partial charge on any atom is -0.756 e. The van der Waals surface area contributed by atoms with E-state index in [1.807, 2.05) is 33.3 Å². The number of carbonyl (C=O) groups excluding carboxylic acids is 2. The van der Waals surface area contributed by atoms with Crippen molar-refractivity contribution in [2.75, 3.05) is 40.9 Å². The molecule has 10 heteroatoms. The Hall–Kier alpha value is -2.29. The van der Waals surface area contributed by atoms with Crippen LogP contribution in [0.5, 0.6) is 0 Å². The maximum absolute atomic E-state index is 13.6. The lowest BCUT2D eigenvalue weighted by molar-refractivity contribution is -0.870. The Morgan fingerprint density at radius 1 is 0.462 bits per heavy atom. The van der Waals surface area contributed by atoms with Gasteiger partial charge in [0.25, 0.3) is 7.82 Å². The van der Waals surface area contributed by atoms with Crippen LogP contribution in [0.3, 0.4) is 0 Å². The lowest BCUT2D eigenvalue weighted by Crippen LogP contribution is -2.47. The van der Waals surface area contributed by atoms with Gasteiger partial charge >= 0.3 is 5.97 Å². The number of amides is 1. The highest BCUT2D eigenvalue weighted by molar-refractivity contribution is 7.45. The van der Waals surface area contributed by atoms with Crippen LogP contribution in [0, 0.1) is 0 Å². The average molecular weight is 1120 g/mol. The van der Waals surface area contributed by atoms with E-state index in [0.29, 0.717) is 17.4 Å². The van der Waals surface area contributed by atoms with Crippen molar-refractivity contribution in [3.63, 3.8) is 0 Å². The van der Waals surface area contributed by atoms with Gasteiger partial charge < -0.3 is 28.5 Å². The Bertz CT molecular complexity index is 1520. The van der Waals surface area contributed by atoms with E-state index >= 15 is 0 Å². The van der Waals surface area contributed by atoms with Gasteiger partial charge in [-0.15, -0.1) is 0 Å². The first kappa shape index (κ1) is 75.7.